The van der Waals surface area contributed by atoms with Crippen LogP contribution in [0, 0.1) is 5.92 Å². The molecule has 0 saturated carbocycles. The maximum absolute atomic E-state index is 13.1. The molecular weight excluding hydrogens is 452 g/mol. The molecule has 2 aromatic heterocycles. The molecule has 1 saturated heterocycles. The first kappa shape index (κ1) is 23.5. The molecule has 3 amide bonds. The number of carbonyl (C=O) groups excluding carboxylic acids is 2. The maximum Gasteiger partial charge on any atom is 0.320 e. The third-order valence-electron chi connectivity index (χ3n) is 5.83. The molecule has 0 aliphatic carbocycles. The Hall–Kier alpha value is -3.65. The Bertz CT molecular complexity index is 1070. The topological polar surface area (TPSA) is 99.2 Å². The van der Waals surface area contributed by atoms with Crippen molar-refractivity contribution in [3.8, 4) is 0 Å². The van der Waals surface area contributed by atoms with Gasteiger partial charge in [0.25, 0.3) is 0 Å². The lowest BCUT2D eigenvalue weighted by atomic mass is 9.96. The van der Waals surface area contributed by atoms with Crippen molar-refractivity contribution in [1.82, 2.24) is 20.6 Å². The van der Waals surface area contributed by atoms with Gasteiger partial charge in [0.05, 0.1) is 5.69 Å². The Labute approximate surface area is 203 Å². The highest BCUT2D eigenvalue weighted by Crippen LogP contribution is 2.22. The van der Waals surface area contributed by atoms with E-state index in [1.54, 1.807) is 61.1 Å². The number of carbonyl (C=O) groups is 2. The SMILES string of the molecule is O=C(Nc1ccc(Cl)cc1)NC(C(=O)NCC1CCN(c2ccncc2)CC1)c1ccccn1. The second kappa shape index (κ2) is 11.5. The van der Waals surface area contributed by atoms with Crippen LogP contribution in [0.2, 0.25) is 5.02 Å². The summed E-state index contributed by atoms with van der Waals surface area (Å²) in [4.78, 5) is 36.3. The minimum atomic E-state index is -0.912. The van der Waals surface area contributed by atoms with Gasteiger partial charge < -0.3 is 20.9 Å². The first-order chi connectivity index (χ1) is 16.6. The summed E-state index contributed by atoms with van der Waals surface area (Å²) < 4.78 is 0. The molecule has 3 heterocycles. The van der Waals surface area contributed by atoms with E-state index in [9.17, 15) is 9.59 Å². The molecule has 1 unspecified atom stereocenters. The van der Waals surface area contributed by atoms with Crippen LogP contribution in [0.3, 0.4) is 0 Å². The largest absolute Gasteiger partial charge is 0.371 e. The van der Waals surface area contributed by atoms with Crippen molar-refractivity contribution in [3.05, 3.63) is 83.9 Å². The number of hydrogen-bond donors (Lipinski definition) is 3. The van der Waals surface area contributed by atoms with Crippen LogP contribution < -0.4 is 20.9 Å². The smallest absolute Gasteiger partial charge is 0.320 e. The number of nitrogens with one attached hydrogen (secondary N) is 3. The van der Waals surface area contributed by atoms with Crippen LogP contribution >= 0.6 is 11.6 Å². The second-order valence-electron chi connectivity index (χ2n) is 8.17. The summed E-state index contributed by atoms with van der Waals surface area (Å²) in [5.74, 6) is 0.0795. The van der Waals surface area contributed by atoms with Gasteiger partial charge in [0.2, 0.25) is 5.91 Å². The van der Waals surface area contributed by atoms with Crippen molar-refractivity contribution in [1.29, 1.82) is 0 Å². The fourth-order valence-corrected chi connectivity index (χ4v) is 4.08. The number of amides is 3. The van der Waals surface area contributed by atoms with Gasteiger partial charge in [-0.2, -0.15) is 0 Å². The molecule has 0 spiro atoms. The van der Waals surface area contributed by atoms with Crippen molar-refractivity contribution in [2.45, 2.75) is 18.9 Å². The lowest BCUT2D eigenvalue weighted by molar-refractivity contribution is -0.123. The van der Waals surface area contributed by atoms with E-state index in [1.165, 1.54) is 5.69 Å². The van der Waals surface area contributed by atoms with E-state index in [0.29, 0.717) is 28.9 Å². The van der Waals surface area contributed by atoms with Gasteiger partial charge in [-0.05, 0) is 67.3 Å². The van der Waals surface area contributed by atoms with Crippen molar-refractivity contribution in [3.63, 3.8) is 0 Å². The Balaban J connectivity index is 1.33. The number of nitrogens with zero attached hydrogens (tertiary/aromatic N) is 3. The van der Waals surface area contributed by atoms with E-state index in [4.69, 9.17) is 11.6 Å². The van der Waals surface area contributed by atoms with Gasteiger partial charge in [0.1, 0.15) is 0 Å². The van der Waals surface area contributed by atoms with Crippen molar-refractivity contribution in [2.24, 2.45) is 5.92 Å². The van der Waals surface area contributed by atoms with E-state index in [1.807, 2.05) is 12.1 Å². The summed E-state index contributed by atoms with van der Waals surface area (Å²) in [6, 6.07) is 14.6. The quantitative estimate of drug-likeness (QED) is 0.476. The molecule has 1 aliphatic rings. The minimum absolute atomic E-state index is 0.290. The molecule has 4 rings (SSSR count). The van der Waals surface area contributed by atoms with Crippen LogP contribution in [-0.4, -0.2) is 41.5 Å². The van der Waals surface area contributed by atoms with Gasteiger partial charge in [0.15, 0.2) is 6.04 Å². The zero-order valence-electron chi connectivity index (χ0n) is 18.7. The molecule has 8 nitrogen and oxygen atoms in total. The predicted octanol–water partition coefficient (Wildman–Crippen LogP) is 4.03. The third-order valence-corrected chi connectivity index (χ3v) is 6.08. The van der Waals surface area contributed by atoms with E-state index < -0.39 is 12.1 Å². The van der Waals surface area contributed by atoms with E-state index >= 15 is 0 Å². The van der Waals surface area contributed by atoms with Crippen molar-refractivity contribution in [2.75, 3.05) is 29.9 Å². The zero-order chi connectivity index (χ0) is 23.8. The Morgan fingerprint density at radius 3 is 2.41 bits per heavy atom. The van der Waals surface area contributed by atoms with Gasteiger partial charge in [-0.15, -0.1) is 0 Å². The Kier molecular flexibility index (Phi) is 7.93. The molecule has 1 aliphatic heterocycles. The number of hydrogen-bond acceptors (Lipinski definition) is 5. The van der Waals surface area contributed by atoms with E-state index in [-0.39, 0.29) is 5.91 Å². The lowest BCUT2D eigenvalue weighted by Gasteiger charge is -2.33. The molecule has 9 heteroatoms. The minimum Gasteiger partial charge on any atom is -0.371 e. The molecule has 0 bridgehead atoms. The molecule has 1 atom stereocenters. The van der Waals surface area contributed by atoms with Crippen molar-refractivity contribution >= 4 is 34.9 Å². The predicted molar refractivity (Wildman–Crippen MR) is 133 cm³/mol. The Morgan fingerprint density at radius 1 is 1.00 bits per heavy atom. The average molecular weight is 479 g/mol. The average Bonchev–Trinajstić information content (AvgIpc) is 2.88. The first-order valence-electron chi connectivity index (χ1n) is 11.2. The van der Waals surface area contributed by atoms with Gasteiger partial charge in [-0.3, -0.25) is 14.8 Å². The van der Waals surface area contributed by atoms with Crippen molar-refractivity contribution < 1.29 is 9.59 Å². The van der Waals surface area contributed by atoms with Crippen LogP contribution in [0.4, 0.5) is 16.2 Å². The number of rotatable bonds is 7. The number of piperidine rings is 1. The number of aromatic nitrogens is 2. The zero-order valence-corrected chi connectivity index (χ0v) is 19.4. The fourth-order valence-electron chi connectivity index (χ4n) is 3.95. The summed E-state index contributed by atoms with van der Waals surface area (Å²) in [7, 11) is 0. The molecule has 1 aromatic carbocycles. The standard InChI is InChI=1S/C25H27ClN6O2/c26-19-4-6-20(7-5-19)30-25(34)31-23(22-3-1-2-12-28-22)24(33)29-17-18-10-15-32(16-11-18)21-8-13-27-14-9-21/h1-9,12-14,18,23H,10-11,15-17H2,(H,29,33)(H2,30,31,34). The third kappa shape index (κ3) is 6.45. The summed E-state index contributed by atoms with van der Waals surface area (Å²) in [5, 5.41) is 9.05. The highest BCUT2D eigenvalue weighted by atomic mass is 35.5. The number of pyridine rings is 2. The summed E-state index contributed by atoms with van der Waals surface area (Å²) in [6.45, 7) is 2.40. The molecule has 1 fully saturated rings. The molecule has 34 heavy (non-hydrogen) atoms. The van der Waals surface area contributed by atoms with Gasteiger partial charge in [-0.25, -0.2) is 4.79 Å². The van der Waals surface area contributed by atoms with Crippen LogP contribution in [0.25, 0.3) is 0 Å². The van der Waals surface area contributed by atoms with Crippen LogP contribution in [0.5, 0.6) is 0 Å². The molecule has 0 radical (unpaired) electrons. The number of halogens is 1. The molecular formula is C25H27ClN6O2. The monoisotopic (exact) mass is 478 g/mol. The maximum atomic E-state index is 13.1. The summed E-state index contributed by atoms with van der Waals surface area (Å²) >= 11 is 5.90. The van der Waals surface area contributed by atoms with Crippen LogP contribution in [0.15, 0.2) is 73.2 Å². The second-order valence-corrected chi connectivity index (χ2v) is 8.61. The normalized spacial score (nSPS) is 14.8. The van der Waals surface area contributed by atoms with E-state index in [0.717, 1.165) is 25.9 Å². The van der Waals surface area contributed by atoms with Gasteiger partial charge in [0, 0.05) is 54.6 Å². The Morgan fingerprint density at radius 2 is 1.74 bits per heavy atom. The summed E-state index contributed by atoms with van der Waals surface area (Å²) in [6.07, 6.45) is 7.15. The van der Waals surface area contributed by atoms with Crippen LogP contribution in [0.1, 0.15) is 24.6 Å². The molecule has 3 aromatic rings. The van der Waals surface area contributed by atoms with Gasteiger partial charge >= 0.3 is 6.03 Å². The van der Waals surface area contributed by atoms with Gasteiger partial charge in [-0.1, -0.05) is 17.7 Å². The number of benzene rings is 1. The molecule has 3 N–H and O–H groups in total. The fraction of sp³-hybridized carbons (Fsp3) is 0.280. The first-order valence-corrected chi connectivity index (χ1v) is 11.6. The van der Waals surface area contributed by atoms with E-state index in [2.05, 4.69) is 30.8 Å². The number of urea groups is 1. The summed E-state index contributed by atoms with van der Waals surface area (Å²) in [5.41, 5.74) is 2.21. The molecule has 176 valence electrons. The number of anilines is 2. The highest BCUT2D eigenvalue weighted by molar-refractivity contribution is 6.30. The lowest BCUT2D eigenvalue weighted by Crippen LogP contribution is -2.45. The van der Waals surface area contributed by atoms with Crippen LogP contribution in [-0.2, 0) is 4.79 Å². The highest BCUT2D eigenvalue weighted by Gasteiger charge is 2.26.